The van der Waals surface area contributed by atoms with E-state index in [-0.39, 0.29) is 0 Å². The molecule has 1 aliphatic rings. The molecule has 1 fully saturated rings. The van der Waals surface area contributed by atoms with Crippen molar-refractivity contribution in [2.75, 3.05) is 19.6 Å². The number of piperazine rings is 1. The van der Waals surface area contributed by atoms with E-state index < -0.39 is 0 Å². The fourth-order valence-corrected chi connectivity index (χ4v) is 2.24. The monoisotopic (exact) mass is 224 g/mol. The molecular formula is C12H17ClN2. The highest BCUT2D eigenvalue weighted by Crippen LogP contribution is 2.16. The van der Waals surface area contributed by atoms with Gasteiger partial charge in [0.15, 0.2) is 0 Å². The molecule has 1 aromatic carbocycles. The third-order valence-corrected chi connectivity index (χ3v) is 3.13. The second-order valence-corrected chi connectivity index (χ2v) is 4.57. The van der Waals surface area contributed by atoms with Crippen LogP contribution in [-0.4, -0.2) is 25.7 Å². The molecule has 0 aliphatic carbocycles. The molecule has 0 spiro atoms. The lowest BCUT2D eigenvalue weighted by Gasteiger charge is -2.25. The minimum Gasteiger partial charge on any atom is -0.314 e. The minimum absolute atomic E-state index is 0.554. The Labute approximate surface area is 96.0 Å². The summed E-state index contributed by atoms with van der Waals surface area (Å²) >= 11 is 5.93. The van der Waals surface area contributed by atoms with Crippen LogP contribution in [-0.2, 0) is 6.42 Å². The Morgan fingerprint density at radius 3 is 2.93 bits per heavy atom. The highest BCUT2D eigenvalue weighted by molar-refractivity contribution is 6.30. The molecule has 1 heterocycles. The zero-order valence-electron chi connectivity index (χ0n) is 9.02. The highest BCUT2D eigenvalue weighted by Gasteiger charge is 2.13. The Morgan fingerprint density at radius 2 is 2.27 bits per heavy atom. The molecule has 82 valence electrons. The van der Waals surface area contributed by atoms with E-state index in [2.05, 4.69) is 23.6 Å². The van der Waals surface area contributed by atoms with Crippen molar-refractivity contribution in [2.24, 2.45) is 0 Å². The third kappa shape index (κ3) is 2.94. The van der Waals surface area contributed by atoms with Crippen LogP contribution in [0, 0.1) is 6.92 Å². The van der Waals surface area contributed by atoms with Crippen LogP contribution in [0.1, 0.15) is 11.1 Å². The van der Waals surface area contributed by atoms with Gasteiger partial charge in [0.05, 0.1) is 0 Å². The van der Waals surface area contributed by atoms with Crippen LogP contribution in [0.5, 0.6) is 0 Å². The number of halogens is 1. The molecule has 1 unspecified atom stereocenters. The van der Waals surface area contributed by atoms with Gasteiger partial charge in [-0.3, -0.25) is 0 Å². The topological polar surface area (TPSA) is 24.1 Å². The van der Waals surface area contributed by atoms with Crippen molar-refractivity contribution < 1.29 is 0 Å². The number of hydrogen-bond donors (Lipinski definition) is 2. The molecule has 1 saturated heterocycles. The summed E-state index contributed by atoms with van der Waals surface area (Å²) < 4.78 is 0. The summed E-state index contributed by atoms with van der Waals surface area (Å²) in [7, 11) is 0. The van der Waals surface area contributed by atoms with Gasteiger partial charge in [0, 0.05) is 30.7 Å². The Balaban J connectivity index is 2.03. The molecule has 1 aromatic rings. The molecule has 0 aromatic heterocycles. The third-order valence-electron chi connectivity index (χ3n) is 2.90. The predicted molar refractivity (Wildman–Crippen MR) is 64.6 cm³/mol. The van der Waals surface area contributed by atoms with E-state index in [9.17, 15) is 0 Å². The molecular weight excluding hydrogens is 208 g/mol. The van der Waals surface area contributed by atoms with Crippen molar-refractivity contribution in [1.82, 2.24) is 10.6 Å². The van der Waals surface area contributed by atoms with Crippen LogP contribution in [0.2, 0.25) is 5.02 Å². The summed E-state index contributed by atoms with van der Waals surface area (Å²) in [5, 5.41) is 7.74. The fraction of sp³-hybridized carbons (Fsp3) is 0.500. The average Bonchev–Trinajstić information content (AvgIpc) is 2.24. The Kier molecular flexibility index (Phi) is 3.62. The SMILES string of the molecule is Cc1cc(Cl)ccc1CC1CNCCN1. The highest BCUT2D eigenvalue weighted by atomic mass is 35.5. The lowest BCUT2D eigenvalue weighted by atomic mass is 10.0. The number of benzene rings is 1. The maximum Gasteiger partial charge on any atom is 0.0408 e. The molecule has 0 bridgehead atoms. The van der Waals surface area contributed by atoms with Crippen LogP contribution in [0.3, 0.4) is 0 Å². The van der Waals surface area contributed by atoms with Crippen LogP contribution >= 0.6 is 11.6 Å². The molecule has 3 heteroatoms. The predicted octanol–water partition coefficient (Wildman–Crippen LogP) is 1.75. The largest absolute Gasteiger partial charge is 0.314 e. The molecule has 0 amide bonds. The maximum absolute atomic E-state index is 5.93. The van der Waals surface area contributed by atoms with Gasteiger partial charge in [-0.15, -0.1) is 0 Å². The number of aryl methyl sites for hydroxylation is 1. The van der Waals surface area contributed by atoms with Gasteiger partial charge in [-0.2, -0.15) is 0 Å². The molecule has 0 saturated carbocycles. The molecule has 2 rings (SSSR count). The second kappa shape index (κ2) is 4.97. The standard InChI is InChI=1S/C12H17ClN2/c1-9-6-11(13)3-2-10(9)7-12-8-14-4-5-15-12/h2-3,6,12,14-15H,4-5,7-8H2,1H3. The summed E-state index contributed by atoms with van der Waals surface area (Å²) in [6.07, 6.45) is 1.08. The first kappa shape index (κ1) is 10.9. The molecule has 2 nitrogen and oxygen atoms in total. The molecule has 0 radical (unpaired) electrons. The van der Waals surface area contributed by atoms with E-state index in [1.165, 1.54) is 11.1 Å². The summed E-state index contributed by atoms with van der Waals surface area (Å²) in [4.78, 5) is 0. The quantitative estimate of drug-likeness (QED) is 0.800. The summed E-state index contributed by atoms with van der Waals surface area (Å²) in [6.45, 7) is 5.33. The normalized spacial score (nSPS) is 21.6. The van der Waals surface area contributed by atoms with Gasteiger partial charge in [-0.05, 0) is 36.6 Å². The van der Waals surface area contributed by atoms with Crippen LogP contribution < -0.4 is 10.6 Å². The second-order valence-electron chi connectivity index (χ2n) is 4.13. The first-order valence-electron chi connectivity index (χ1n) is 5.45. The number of nitrogens with one attached hydrogen (secondary N) is 2. The number of hydrogen-bond acceptors (Lipinski definition) is 2. The van der Waals surface area contributed by atoms with Crippen molar-refractivity contribution in [3.8, 4) is 0 Å². The van der Waals surface area contributed by atoms with Gasteiger partial charge < -0.3 is 10.6 Å². The Morgan fingerprint density at radius 1 is 1.40 bits per heavy atom. The lowest BCUT2D eigenvalue weighted by molar-refractivity contribution is 0.416. The van der Waals surface area contributed by atoms with Crippen molar-refractivity contribution in [2.45, 2.75) is 19.4 Å². The molecule has 15 heavy (non-hydrogen) atoms. The van der Waals surface area contributed by atoms with Gasteiger partial charge in [-0.1, -0.05) is 17.7 Å². The van der Waals surface area contributed by atoms with E-state index >= 15 is 0 Å². The smallest absolute Gasteiger partial charge is 0.0408 e. The average molecular weight is 225 g/mol. The van der Waals surface area contributed by atoms with Gasteiger partial charge in [0.25, 0.3) is 0 Å². The first-order valence-corrected chi connectivity index (χ1v) is 5.82. The van der Waals surface area contributed by atoms with Crippen molar-refractivity contribution in [3.63, 3.8) is 0 Å². The fourth-order valence-electron chi connectivity index (χ4n) is 2.01. The van der Waals surface area contributed by atoms with Crippen molar-refractivity contribution in [1.29, 1.82) is 0 Å². The van der Waals surface area contributed by atoms with Crippen LogP contribution in [0.25, 0.3) is 0 Å². The zero-order chi connectivity index (χ0) is 10.7. The minimum atomic E-state index is 0.554. The molecule has 2 N–H and O–H groups in total. The van der Waals surface area contributed by atoms with Crippen molar-refractivity contribution in [3.05, 3.63) is 34.3 Å². The molecule has 1 aliphatic heterocycles. The van der Waals surface area contributed by atoms with E-state index in [1.54, 1.807) is 0 Å². The Hall–Kier alpha value is -0.570. The van der Waals surface area contributed by atoms with E-state index in [0.717, 1.165) is 31.1 Å². The van der Waals surface area contributed by atoms with Gasteiger partial charge in [0.2, 0.25) is 0 Å². The first-order chi connectivity index (χ1) is 7.25. The zero-order valence-corrected chi connectivity index (χ0v) is 9.77. The van der Waals surface area contributed by atoms with Gasteiger partial charge in [-0.25, -0.2) is 0 Å². The number of rotatable bonds is 2. The Bertz CT molecular complexity index is 332. The summed E-state index contributed by atoms with van der Waals surface area (Å²) in [6, 6.07) is 6.69. The molecule has 1 atom stereocenters. The summed E-state index contributed by atoms with van der Waals surface area (Å²) in [5.41, 5.74) is 2.68. The van der Waals surface area contributed by atoms with E-state index in [1.807, 2.05) is 12.1 Å². The lowest BCUT2D eigenvalue weighted by Crippen LogP contribution is -2.49. The van der Waals surface area contributed by atoms with E-state index in [0.29, 0.717) is 6.04 Å². The van der Waals surface area contributed by atoms with Gasteiger partial charge >= 0.3 is 0 Å². The van der Waals surface area contributed by atoms with Crippen LogP contribution in [0.15, 0.2) is 18.2 Å². The summed E-state index contributed by atoms with van der Waals surface area (Å²) in [5.74, 6) is 0. The maximum atomic E-state index is 5.93. The van der Waals surface area contributed by atoms with Crippen molar-refractivity contribution >= 4 is 11.6 Å². The van der Waals surface area contributed by atoms with E-state index in [4.69, 9.17) is 11.6 Å². The van der Waals surface area contributed by atoms with Gasteiger partial charge in [0.1, 0.15) is 0 Å². The van der Waals surface area contributed by atoms with Crippen LogP contribution in [0.4, 0.5) is 0 Å².